The molecule has 1 aromatic heterocycles. The standard InChI is InChI=1S/C13H9BrClN3O/c1-19-12-3-2-9(5-11(12)15)18-13-10(14)4-8(6-16)7-17-13/h2-5,7H,1H3,(H,17,18). The monoisotopic (exact) mass is 337 g/mol. The number of nitrogens with zero attached hydrogens (tertiary/aromatic N) is 2. The van der Waals surface area contributed by atoms with Crippen molar-refractivity contribution in [2.75, 3.05) is 12.4 Å². The van der Waals surface area contributed by atoms with Gasteiger partial charge in [0.05, 0.1) is 22.2 Å². The maximum absolute atomic E-state index is 8.77. The van der Waals surface area contributed by atoms with Gasteiger partial charge in [-0.15, -0.1) is 0 Å². The zero-order valence-corrected chi connectivity index (χ0v) is 12.3. The smallest absolute Gasteiger partial charge is 0.144 e. The van der Waals surface area contributed by atoms with Gasteiger partial charge in [0.1, 0.15) is 17.6 Å². The summed E-state index contributed by atoms with van der Waals surface area (Å²) < 4.78 is 5.79. The van der Waals surface area contributed by atoms with Crippen LogP contribution in [-0.2, 0) is 0 Å². The Kier molecular flexibility index (Phi) is 4.25. The number of methoxy groups -OCH3 is 1. The zero-order chi connectivity index (χ0) is 13.8. The highest BCUT2D eigenvalue weighted by molar-refractivity contribution is 9.10. The van der Waals surface area contributed by atoms with E-state index in [1.807, 2.05) is 12.1 Å². The highest BCUT2D eigenvalue weighted by Gasteiger charge is 2.06. The molecule has 2 rings (SSSR count). The fourth-order valence-electron chi connectivity index (χ4n) is 1.47. The molecule has 96 valence electrons. The van der Waals surface area contributed by atoms with E-state index in [-0.39, 0.29) is 0 Å². The van der Waals surface area contributed by atoms with Gasteiger partial charge in [0.25, 0.3) is 0 Å². The lowest BCUT2D eigenvalue weighted by molar-refractivity contribution is 0.415. The molecule has 0 amide bonds. The average molecular weight is 339 g/mol. The summed E-state index contributed by atoms with van der Waals surface area (Å²) in [4.78, 5) is 4.16. The van der Waals surface area contributed by atoms with Crippen molar-refractivity contribution in [2.24, 2.45) is 0 Å². The number of halogens is 2. The van der Waals surface area contributed by atoms with Gasteiger partial charge in [-0.3, -0.25) is 0 Å². The van der Waals surface area contributed by atoms with E-state index >= 15 is 0 Å². The first-order valence-electron chi connectivity index (χ1n) is 5.30. The summed E-state index contributed by atoms with van der Waals surface area (Å²) in [7, 11) is 1.56. The molecule has 0 aliphatic heterocycles. The molecular formula is C13H9BrClN3O. The van der Waals surface area contributed by atoms with Gasteiger partial charge in [0.2, 0.25) is 0 Å². The number of benzene rings is 1. The lowest BCUT2D eigenvalue weighted by atomic mass is 10.3. The van der Waals surface area contributed by atoms with Crippen LogP contribution in [-0.4, -0.2) is 12.1 Å². The number of anilines is 2. The second-order valence-electron chi connectivity index (χ2n) is 3.64. The first kappa shape index (κ1) is 13.7. The first-order chi connectivity index (χ1) is 9.13. The molecule has 0 radical (unpaired) electrons. The van der Waals surface area contributed by atoms with Crippen LogP contribution in [0.1, 0.15) is 5.56 Å². The molecule has 0 fully saturated rings. The Morgan fingerprint density at radius 3 is 2.79 bits per heavy atom. The molecule has 4 nitrogen and oxygen atoms in total. The largest absolute Gasteiger partial charge is 0.495 e. The van der Waals surface area contributed by atoms with Crippen molar-refractivity contribution in [1.82, 2.24) is 4.98 Å². The van der Waals surface area contributed by atoms with Gasteiger partial charge in [0, 0.05) is 11.9 Å². The van der Waals surface area contributed by atoms with E-state index in [0.29, 0.717) is 26.6 Å². The Balaban J connectivity index is 2.26. The molecule has 19 heavy (non-hydrogen) atoms. The van der Waals surface area contributed by atoms with Gasteiger partial charge >= 0.3 is 0 Å². The Labute approximate surface area is 124 Å². The molecule has 6 heteroatoms. The molecule has 1 N–H and O–H groups in total. The number of hydrogen-bond donors (Lipinski definition) is 1. The molecule has 0 spiro atoms. The highest BCUT2D eigenvalue weighted by atomic mass is 79.9. The van der Waals surface area contributed by atoms with Crippen molar-refractivity contribution in [1.29, 1.82) is 5.26 Å². The van der Waals surface area contributed by atoms with Crippen molar-refractivity contribution < 1.29 is 4.74 Å². The summed E-state index contributed by atoms with van der Waals surface area (Å²) >= 11 is 9.40. The predicted molar refractivity (Wildman–Crippen MR) is 77.9 cm³/mol. The van der Waals surface area contributed by atoms with Crippen LogP contribution in [0.2, 0.25) is 5.02 Å². The van der Waals surface area contributed by atoms with Gasteiger partial charge in [-0.05, 0) is 40.2 Å². The van der Waals surface area contributed by atoms with Gasteiger partial charge in [-0.25, -0.2) is 4.98 Å². The molecule has 0 saturated heterocycles. The molecule has 0 saturated carbocycles. The van der Waals surface area contributed by atoms with E-state index in [2.05, 4.69) is 26.2 Å². The molecule has 0 aliphatic rings. The number of aromatic nitrogens is 1. The van der Waals surface area contributed by atoms with E-state index in [1.165, 1.54) is 6.20 Å². The number of nitrogens with one attached hydrogen (secondary N) is 1. The van der Waals surface area contributed by atoms with Crippen LogP contribution in [0, 0.1) is 11.3 Å². The second kappa shape index (κ2) is 5.91. The fraction of sp³-hybridized carbons (Fsp3) is 0.0769. The van der Waals surface area contributed by atoms with Crippen LogP contribution >= 0.6 is 27.5 Å². The van der Waals surface area contributed by atoms with Crippen LogP contribution in [0.3, 0.4) is 0 Å². The van der Waals surface area contributed by atoms with E-state index in [4.69, 9.17) is 21.6 Å². The number of pyridine rings is 1. The number of rotatable bonds is 3. The van der Waals surface area contributed by atoms with Gasteiger partial charge in [-0.2, -0.15) is 5.26 Å². The Morgan fingerprint density at radius 2 is 2.21 bits per heavy atom. The van der Waals surface area contributed by atoms with Crippen LogP contribution in [0.4, 0.5) is 11.5 Å². The molecule has 0 atom stereocenters. The Bertz CT molecular complexity index is 655. The van der Waals surface area contributed by atoms with Crippen molar-refractivity contribution in [2.45, 2.75) is 0 Å². The maximum atomic E-state index is 8.77. The number of hydrogen-bond acceptors (Lipinski definition) is 4. The highest BCUT2D eigenvalue weighted by Crippen LogP contribution is 2.30. The zero-order valence-electron chi connectivity index (χ0n) is 9.95. The van der Waals surface area contributed by atoms with Crippen molar-refractivity contribution in [3.63, 3.8) is 0 Å². The molecule has 1 heterocycles. The van der Waals surface area contributed by atoms with Crippen molar-refractivity contribution in [3.05, 3.63) is 45.5 Å². The predicted octanol–water partition coefficient (Wildman–Crippen LogP) is 4.12. The number of nitriles is 1. The van der Waals surface area contributed by atoms with Crippen LogP contribution in [0.25, 0.3) is 0 Å². The lowest BCUT2D eigenvalue weighted by Gasteiger charge is -2.09. The fourth-order valence-corrected chi connectivity index (χ4v) is 2.18. The first-order valence-corrected chi connectivity index (χ1v) is 6.47. The topological polar surface area (TPSA) is 57.9 Å². The normalized spacial score (nSPS) is 9.79. The van der Waals surface area contributed by atoms with Gasteiger partial charge < -0.3 is 10.1 Å². The van der Waals surface area contributed by atoms with Crippen LogP contribution in [0.15, 0.2) is 34.9 Å². The molecule has 2 aromatic rings. The quantitative estimate of drug-likeness (QED) is 0.914. The van der Waals surface area contributed by atoms with Crippen molar-refractivity contribution in [3.8, 4) is 11.8 Å². The van der Waals surface area contributed by atoms with E-state index < -0.39 is 0 Å². The molecular weight excluding hydrogens is 330 g/mol. The molecule has 0 bridgehead atoms. The minimum absolute atomic E-state index is 0.491. The van der Waals surface area contributed by atoms with E-state index in [0.717, 1.165) is 5.69 Å². The van der Waals surface area contributed by atoms with Crippen LogP contribution < -0.4 is 10.1 Å². The number of ether oxygens (including phenoxy) is 1. The molecule has 0 aliphatic carbocycles. The lowest BCUT2D eigenvalue weighted by Crippen LogP contribution is -1.96. The summed E-state index contributed by atoms with van der Waals surface area (Å²) in [6, 6.07) is 9.06. The molecule has 1 aromatic carbocycles. The van der Waals surface area contributed by atoms with Gasteiger partial charge in [-0.1, -0.05) is 11.6 Å². The Hall–Kier alpha value is -1.77. The summed E-state index contributed by atoms with van der Waals surface area (Å²) in [5.74, 6) is 1.22. The summed E-state index contributed by atoms with van der Waals surface area (Å²) in [5, 5.41) is 12.4. The third kappa shape index (κ3) is 3.16. The van der Waals surface area contributed by atoms with Gasteiger partial charge in [0.15, 0.2) is 0 Å². The third-order valence-corrected chi connectivity index (χ3v) is 3.28. The summed E-state index contributed by atoms with van der Waals surface area (Å²) in [6.45, 7) is 0. The second-order valence-corrected chi connectivity index (χ2v) is 4.90. The maximum Gasteiger partial charge on any atom is 0.144 e. The Morgan fingerprint density at radius 1 is 1.42 bits per heavy atom. The summed E-state index contributed by atoms with van der Waals surface area (Å²) in [6.07, 6.45) is 1.50. The summed E-state index contributed by atoms with van der Waals surface area (Å²) in [5.41, 5.74) is 1.27. The van der Waals surface area contributed by atoms with E-state index in [1.54, 1.807) is 25.3 Å². The van der Waals surface area contributed by atoms with Crippen molar-refractivity contribution >= 4 is 39.0 Å². The van der Waals surface area contributed by atoms with Crippen LogP contribution in [0.5, 0.6) is 5.75 Å². The minimum atomic E-state index is 0.491. The van der Waals surface area contributed by atoms with E-state index in [9.17, 15) is 0 Å². The third-order valence-electron chi connectivity index (χ3n) is 2.38. The molecule has 0 unspecified atom stereocenters. The average Bonchev–Trinajstić information content (AvgIpc) is 2.41. The minimum Gasteiger partial charge on any atom is -0.495 e. The SMILES string of the molecule is COc1ccc(Nc2ncc(C#N)cc2Br)cc1Cl.